The van der Waals surface area contributed by atoms with Crippen LogP contribution in [-0.4, -0.2) is 33.0 Å². The molecule has 0 N–H and O–H groups in total. The monoisotopic (exact) mass is 422 g/mol. The Morgan fingerprint density at radius 1 is 1.21 bits per heavy atom. The summed E-state index contributed by atoms with van der Waals surface area (Å²) in [5, 5.41) is 4.76. The molecule has 3 rings (SSSR count). The van der Waals surface area contributed by atoms with Crippen molar-refractivity contribution < 1.29 is 18.3 Å². The van der Waals surface area contributed by atoms with Crippen LogP contribution in [0.5, 0.6) is 11.9 Å². The first-order valence-electron chi connectivity index (χ1n) is 9.26. The topological polar surface area (TPSA) is 62.1 Å². The molecule has 0 fully saturated rings. The standard InChI is InChI=1S/C20H21ClF2N4O2/c1-3-6-17-14(11-27-12-24-20(26-27)28-4-2)10-16(18(25-17)29-19(22)23)13-7-5-8-15(21)9-13/h5,7-10,12,19H,3-4,6,11H2,1-2H3. The number of hydrogen-bond acceptors (Lipinski definition) is 5. The Labute approximate surface area is 172 Å². The van der Waals surface area contributed by atoms with E-state index in [1.54, 1.807) is 41.3 Å². The highest BCUT2D eigenvalue weighted by atomic mass is 35.5. The van der Waals surface area contributed by atoms with Gasteiger partial charge < -0.3 is 9.47 Å². The van der Waals surface area contributed by atoms with E-state index in [4.69, 9.17) is 21.1 Å². The van der Waals surface area contributed by atoms with E-state index in [0.29, 0.717) is 41.4 Å². The first-order chi connectivity index (χ1) is 14.0. The Bertz CT molecular complexity index is 965. The summed E-state index contributed by atoms with van der Waals surface area (Å²) >= 11 is 6.09. The number of benzene rings is 1. The van der Waals surface area contributed by atoms with Crippen LogP contribution in [0.4, 0.5) is 8.78 Å². The van der Waals surface area contributed by atoms with Crippen LogP contribution in [0.15, 0.2) is 36.7 Å². The summed E-state index contributed by atoms with van der Waals surface area (Å²) in [7, 11) is 0. The van der Waals surface area contributed by atoms with E-state index in [-0.39, 0.29) is 11.9 Å². The van der Waals surface area contributed by atoms with Gasteiger partial charge in [-0.3, -0.25) is 0 Å². The average Bonchev–Trinajstić information content (AvgIpc) is 3.11. The summed E-state index contributed by atoms with van der Waals surface area (Å²) in [6, 6.07) is 8.99. The molecule has 0 unspecified atom stereocenters. The van der Waals surface area contributed by atoms with Gasteiger partial charge in [-0.2, -0.15) is 13.8 Å². The first kappa shape index (κ1) is 21.0. The molecule has 3 aromatic rings. The maximum atomic E-state index is 13.0. The van der Waals surface area contributed by atoms with Gasteiger partial charge in [-0.1, -0.05) is 37.1 Å². The smallest absolute Gasteiger partial charge is 0.388 e. The molecule has 6 nitrogen and oxygen atoms in total. The van der Waals surface area contributed by atoms with E-state index in [1.165, 1.54) is 0 Å². The minimum atomic E-state index is -2.98. The molecule has 2 heterocycles. The predicted molar refractivity (Wildman–Crippen MR) is 106 cm³/mol. The molecule has 0 saturated carbocycles. The van der Waals surface area contributed by atoms with Crippen molar-refractivity contribution in [3.8, 4) is 23.0 Å². The van der Waals surface area contributed by atoms with Gasteiger partial charge in [0, 0.05) is 16.3 Å². The summed E-state index contributed by atoms with van der Waals surface area (Å²) in [6.07, 6.45) is 2.97. The summed E-state index contributed by atoms with van der Waals surface area (Å²) in [4.78, 5) is 8.50. The van der Waals surface area contributed by atoms with Crippen LogP contribution in [0.3, 0.4) is 0 Å². The second kappa shape index (κ2) is 9.65. The molecular formula is C20H21ClF2N4O2. The van der Waals surface area contributed by atoms with Crippen molar-refractivity contribution in [3.05, 3.63) is 52.9 Å². The fourth-order valence-corrected chi connectivity index (χ4v) is 3.11. The Balaban J connectivity index is 2.06. The third-order valence-corrected chi connectivity index (χ3v) is 4.34. The fraction of sp³-hybridized carbons (Fsp3) is 0.350. The third-order valence-electron chi connectivity index (χ3n) is 4.10. The van der Waals surface area contributed by atoms with E-state index >= 15 is 0 Å². The average molecular weight is 423 g/mol. The number of alkyl halides is 2. The van der Waals surface area contributed by atoms with Gasteiger partial charge in [-0.25, -0.2) is 9.67 Å². The van der Waals surface area contributed by atoms with Crippen LogP contribution < -0.4 is 9.47 Å². The quantitative estimate of drug-likeness (QED) is 0.486. The molecule has 154 valence electrons. The molecule has 0 aliphatic rings. The van der Waals surface area contributed by atoms with Crippen molar-refractivity contribution in [1.82, 2.24) is 19.7 Å². The van der Waals surface area contributed by atoms with Gasteiger partial charge in [-0.05, 0) is 42.7 Å². The Morgan fingerprint density at radius 3 is 2.72 bits per heavy atom. The maximum Gasteiger partial charge on any atom is 0.388 e. The van der Waals surface area contributed by atoms with Gasteiger partial charge >= 0.3 is 12.6 Å². The van der Waals surface area contributed by atoms with E-state index in [0.717, 1.165) is 12.0 Å². The van der Waals surface area contributed by atoms with Crippen LogP contribution in [-0.2, 0) is 13.0 Å². The minimum Gasteiger partial charge on any atom is -0.463 e. The number of halogens is 3. The number of aryl methyl sites for hydroxylation is 1. The molecule has 0 spiro atoms. The molecule has 0 bridgehead atoms. The molecule has 1 aromatic carbocycles. The molecule has 0 aliphatic carbocycles. The van der Waals surface area contributed by atoms with Gasteiger partial charge in [0.1, 0.15) is 6.33 Å². The van der Waals surface area contributed by atoms with Crippen LogP contribution >= 0.6 is 11.6 Å². The number of rotatable bonds is 9. The van der Waals surface area contributed by atoms with Crippen LogP contribution in [0.1, 0.15) is 31.5 Å². The van der Waals surface area contributed by atoms with Crippen molar-refractivity contribution >= 4 is 11.6 Å². The minimum absolute atomic E-state index is 0.122. The molecule has 0 aliphatic heterocycles. The van der Waals surface area contributed by atoms with Crippen LogP contribution in [0.2, 0.25) is 5.02 Å². The molecule has 0 atom stereocenters. The Kier molecular flexibility index (Phi) is 6.98. The zero-order valence-electron chi connectivity index (χ0n) is 16.1. The van der Waals surface area contributed by atoms with Gasteiger partial charge in [-0.15, -0.1) is 5.10 Å². The molecular weight excluding hydrogens is 402 g/mol. The van der Waals surface area contributed by atoms with Gasteiger partial charge in [0.25, 0.3) is 0 Å². The van der Waals surface area contributed by atoms with Gasteiger partial charge in [0.2, 0.25) is 5.88 Å². The fourth-order valence-electron chi connectivity index (χ4n) is 2.92. The summed E-state index contributed by atoms with van der Waals surface area (Å²) < 4.78 is 37.7. The number of ether oxygens (including phenoxy) is 2. The van der Waals surface area contributed by atoms with Crippen LogP contribution in [0.25, 0.3) is 11.1 Å². The summed E-state index contributed by atoms with van der Waals surface area (Å²) in [5.41, 5.74) is 2.57. The molecule has 2 aromatic heterocycles. The van der Waals surface area contributed by atoms with Gasteiger partial charge in [0.15, 0.2) is 0 Å². The van der Waals surface area contributed by atoms with E-state index in [1.807, 2.05) is 13.8 Å². The summed E-state index contributed by atoms with van der Waals surface area (Å²) in [6.45, 7) is 1.69. The van der Waals surface area contributed by atoms with Crippen molar-refractivity contribution in [3.63, 3.8) is 0 Å². The Hall–Kier alpha value is -2.74. The van der Waals surface area contributed by atoms with Crippen molar-refractivity contribution in [2.45, 2.75) is 39.8 Å². The van der Waals surface area contributed by atoms with Crippen molar-refractivity contribution in [1.29, 1.82) is 0 Å². The first-order valence-corrected chi connectivity index (χ1v) is 9.63. The number of pyridine rings is 1. The zero-order valence-corrected chi connectivity index (χ0v) is 16.9. The maximum absolute atomic E-state index is 13.0. The Morgan fingerprint density at radius 2 is 2.03 bits per heavy atom. The molecule has 9 heteroatoms. The number of aromatic nitrogens is 4. The van der Waals surface area contributed by atoms with Crippen molar-refractivity contribution in [2.75, 3.05) is 6.61 Å². The van der Waals surface area contributed by atoms with Crippen LogP contribution in [0, 0.1) is 0 Å². The highest BCUT2D eigenvalue weighted by molar-refractivity contribution is 6.30. The predicted octanol–water partition coefficient (Wildman–Crippen LogP) is 4.99. The summed E-state index contributed by atoms with van der Waals surface area (Å²) in [5.74, 6) is -0.122. The van der Waals surface area contributed by atoms with E-state index in [2.05, 4.69) is 15.1 Å². The molecule has 0 radical (unpaired) electrons. The molecule has 0 amide bonds. The lowest BCUT2D eigenvalue weighted by Gasteiger charge is -2.16. The second-order valence-corrected chi connectivity index (χ2v) is 6.68. The zero-order chi connectivity index (χ0) is 20.8. The highest BCUT2D eigenvalue weighted by Gasteiger charge is 2.18. The molecule has 0 saturated heterocycles. The normalized spacial score (nSPS) is 11.1. The number of hydrogen-bond donors (Lipinski definition) is 0. The number of nitrogens with zero attached hydrogens (tertiary/aromatic N) is 4. The molecule has 29 heavy (non-hydrogen) atoms. The second-order valence-electron chi connectivity index (χ2n) is 6.24. The lowest BCUT2D eigenvalue weighted by molar-refractivity contribution is -0.0525. The largest absolute Gasteiger partial charge is 0.463 e. The lowest BCUT2D eigenvalue weighted by Crippen LogP contribution is -2.11. The van der Waals surface area contributed by atoms with Crippen molar-refractivity contribution in [2.24, 2.45) is 0 Å². The third kappa shape index (κ3) is 5.41. The SMILES string of the molecule is CCCc1nc(OC(F)F)c(-c2cccc(Cl)c2)cc1Cn1cnc(OCC)n1. The van der Waals surface area contributed by atoms with E-state index in [9.17, 15) is 8.78 Å². The van der Waals surface area contributed by atoms with E-state index < -0.39 is 6.61 Å². The highest BCUT2D eigenvalue weighted by Crippen LogP contribution is 2.33. The van der Waals surface area contributed by atoms with Gasteiger partial charge in [0.05, 0.1) is 13.2 Å². The lowest BCUT2D eigenvalue weighted by atomic mass is 10.0.